The van der Waals surface area contributed by atoms with Crippen LogP contribution < -0.4 is 11.3 Å². The zero-order chi connectivity index (χ0) is 11.0. The first-order valence-electron chi connectivity index (χ1n) is 5.35. The fourth-order valence-corrected chi connectivity index (χ4v) is 1.69. The minimum Gasteiger partial charge on any atom is -0.308 e. The van der Waals surface area contributed by atoms with E-state index in [9.17, 15) is 0 Å². The molecule has 0 atom stereocenters. The van der Waals surface area contributed by atoms with Crippen LogP contribution in [0.4, 0.5) is 0 Å². The standard InChI is InChI=1S/C11H13N5/c12-15-11(14-8-4-5-8)9-7-13-16-6-2-1-3-10(9)16/h1-3,6-8H,4-5,12H2,(H,14,15). The van der Waals surface area contributed by atoms with Crippen LogP contribution >= 0.6 is 0 Å². The molecule has 0 aromatic carbocycles. The van der Waals surface area contributed by atoms with Crippen LogP contribution in [-0.2, 0) is 0 Å². The van der Waals surface area contributed by atoms with Crippen molar-refractivity contribution in [3.63, 3.8) is 0 Å². The molecule has 82 valence electrons. The number of nitrogens with one attached hydrogen (secondary N) is 1. The van der Waals surface area contributed by atoms with Gasteiger partial charge in [0.05, 0.1) is 23.3 Å². The Hall–Kier alpha value is -1.88. The molecule has 3 rings (SSSR count). The molecule has 2 aromatic rings. The summed E-state index contributed by atoms with van der Waals surface area (Å²) >= 11 is 0. The lowest BCUT2D eigenvalue weighted by Crippen LogP contribution is -2.31. The van der Waals surface area contributed by atoms with Crippen LogP contribution in [0.3, 0.4) is 0 Å². The van der Waals surface area contributed by atoms with Crippen molar-refractivity contribution in [2.75, 3.05) is 0 Å². The van der Waals surface area contributed by atoms with Gasteiger partial charge in [-0.25, -0.2) is 10.4 Å². The number of nitrogens with zero attached hydrogens (tertiary/aromatic N) is 3. The highest BCUT2D eigenvalue weighted by atomic mass is 15.3. The molecule has 1 aliphatic rings. The first-order chi connectivity index (χ1) is 7.88. The third-order valence-electron chi connectivity index (χ3n) is 2.68. The smallest absolute Gasteiger partial charge is 0.146 e. The van der Waals surface area contributed by atoms with Gasteiger partial charge in [-0.05, 0) is 25.0 Å². The highest BCUT2D eigenvalue weighted by Gasteiger charge is 2.22. The summed E-state index contributed by atoms with van der Waals surface area (Å²) in [5.41, 5.74) is 4.63. The summed E-state index contributed by atoms with van der Waals surface area (Å²) in [6.45, 7) is 0. The average molecular weight is 215 g/mol. The molecule has 3 N–H and O–H groups in total. The van der Waals surface area contributed by atoms with Crippen LogP contribution in [0.25, 0.3) is 5.52 Å². The Morgan fingerprint density at radius 3 is 3.12 bits per heavy atom. The van der Waals surface area contributed by atoms with Gasteiger partial charge in [-0.1, -0.05) is 6.07 Å². The topological polar surface area (TPSA) is 67.7 Å². The Morgan fingerprint density at radius 2 is 2.38 bits per heavy atom. The number of fused-ring (bicyclic) bond motifs is 1. The molecule has 0 radical (unpaired) electrons. The second kappa shape index (κ2) is 3.61. The number of amidine groups is 1. The molecular formula is C11H13N5. The largest absolute Gasteiger partial charge is 0.308 e. The third-order valence-corrected chi connectivity index (χ3v) is 2.68. The molecule has 0 bridgehead atoms. The minimum absolute atomic E-state index is 0.435. The SMILES string of the molecule is NNC(=NC1CC1)c1cnn2ccccc12. The molecule has 1 saturated carbocycles. The zero-order valence-corrected chi connectivity index (χ0v) is 8.80. The number of aliphatic imine (C=N–C) groups is 1. The summed E-state index contributed by atoms with van der Waals surface area (Å²) < 4.78 is 1.81. The van der Waals surface area contributed by atoms with E-state index in [1.165, 1.54) is 0 Å². The van der Waals surface area contributed by atoms with Crippen molar-refractivity contribution >= 4 is 11.4 Å². The molecular weight excluding hydrogens is 202 g/mol. The molecule has 2 aromatic heterocycles. The number of hydrogen-bond donors (Lipinski definition) is 2. The second-order valence-corrected chi connectivity index (χ2v) is 3.94. The number of pyridine rings is 1. The van der Waals surface area contributed by atoms with E-state index >= 15 is 0 Å². The summed E-state index contributed by atoms with van der Waals surface area (Å²) in [6, 6.07) is 6.36. The molecule has 1 fully saturated rings. The molecule has 2 heterocycles. The lowest BCUT2D eigenvalue weighted by molar-refractivity contribution is 0.961. The summed E-state index contributed by atoms with van der Waals surface area (Å²) in [6.07, 6.45) is 6.01. The summed E-state index contributed by atoms with van der Waals surface area (Å²) in [5, 5.41) is 4.26. The van der Waals surface area contributed by atoms with E-state index in [0.29, 0.717) is 6.04 Å². The fourth-order valence-electron chi connectivity index (χ4n) is 1.69. The van der Waals surface area contributed by atoms with Crippen LogP contribution in [0.2, 0.25) is 0 Å². The molecule has 0 amide bonds. The quantitative estimate of drug-likeness (QED) is 0.335. The van der Waals surface area contributed by atoms with Crippen molar-refractivity contribution in [2.45, 2.75) is 18.9 Å². The second-order valence-electron chi connectivity index (χ2n) is 3.94. The van der Waals surface area contributed by atoms with E-state index < -0.39 is 0 Å². The number of nitrogens with two attached hydrogens (primary N) is 1. The Kier molecular flexibility index (Phi) is 2.11. The van der Waals surface area contributed by atoms with E-state index in [1.54, 1.807) is 6.20 Å². The molecule has 0 saturated heterocycles. The Labute approximate surface area is 92.9 Å². The number of hydrazine groups is 1. The lowest BCUT2D eigenvalue weighted by Gasteiger charge is -2.03. The van der Waals surface area contributed by atoms with Crippen molar-refractivity contribution in [1.82, 2.24) is 15.0 Å². The van der Waals surface area contributed by atoms with Crippen molar-refractivity contribution in [2.24, 2.45) is 10.8 Å². The van der Waals surface area contributed by atoms with E-state index in [4.69, 9.17) is 5.84 Å². The van der Waals surface area contributed by atoms with E-state index in [2.05, 4.69) is 15.5 Å². The van der Waals surface area contributed by atoms with Gasteiger partial charge in [-0.2, -0.15) is 5.10 Å². The van der Waals surface area contributed by atoms with Gasteiger partial charge in [-0.3, -0.25) is 4.99 Å². The highest BCUT2D eigenvalue weighted by Crippen LogP contribution is 2.24. The van der Waals surface area contributed by atoms with Crippen molar-refractivity contribution in [1.29, 1.82) is 0 Å². The molecule has 0 spiro atoms. The average Bonchev–Trinajstić information content (AvgIpc) is 3.04. The number of aromatic nitrogens is 2. The molecule has 1 aliphatic carbocycles. The van der Waals surface area contributed by atoms with Gasteiger partial charge in [0.25, 0.3) is 0 Å². The van der Waals surface area contributed by atoms with Gasteiger partial charge in [0, 0.05) is 6.20 Å². The van der Waals surface area contributed by atoms with Gasteiger partial charge in [0.1, 0.15) is 5.84 Å². The third kappa shape index (κ3) is 1.55. The van der Waals surface area contributed by atoms with Gasteiger partial charge in [0.2, 0.25) is 0 Å². The predicted molar refractivity (Wildman–Crippen MR) is 62.1 cm³/mol. The molecule has 5 nitrogen and oxygen atoms in total. The normalized spacial score (nSPS) is 16.7. The van der Waals surface area contributed by atoms with Gasteiger partial charge in [-0.15, -0.1) is 0 Å². The maximum atomic E-state index is 5.51. The first-order valence-corrected chi connectivity index (χ1v) is 5.35. The number of hydrogen-bond acceptors (Lipinski definition) is 3. The van der Waals surface area contributed by atoms with Crippen molar-refractivity contribution in [3.8, 4) is 0 Å². The van der Waals surface area contributed by atoms with E-state index in [1.807, 2.05) is 28.9 Å². The van der Waals surface area contributed by atoms with Crippen molar-refractivity contribution in [3.05, 3.63) is 36.2 Å². The zero-order valence-electron chi connectivity index (χ0n) is 8.80. The maximum absolute atomic E-state index is 5.51. The van der Waals surface area contributed by atoms with E-state index in [0.717, 1.165) is 29.8 Å². The molecule has 0 aliphatic heterocycles. The van der Waals surface area contributed by atoms with Crippen LogP contribution in [-0.4, -0.2) is 21.5 Å². The lowest BCUT2D eigenvalue weighted by atomic mass is 10.2. The highest BCUT2D eigenvalue weighted by molar-refractivity contribution is 6.04. The van der Waals surface area contributed by atoms with Gasteiger partial charge < -0.3 is 5.43 Å². The van der Waals surface area contributed by atoms with Crippen LogP contribution in [0.15, 0.2) is 35.6 Å². The first kappa shape index (κ1) is 9.35. The predicted octanol–water partition coefficient (Wildman–Crippen LogP) is 0.707. The molecule has 0 unspecified atom stereocenters. The molecule has 16 heavy (non-hydrogen) atoms. The van der Waals surface area contributed by atoms with Crippen LogP contribution in [0, 0.1) is 0 Å². The summed E-state index contributed by atoms with van der Waals surface area (Å²) in [5.74, 6) is 6.24. The Balaban J connectivity index is 2.09. The van der Waals surface area contributed by atoms with E-state index in [-0.39, 0.29) is 0 Å². The van der Waals surface area contributed by atoms with Gasteiger partial charge in [0.15, 0.2) is 0 Å². The summed E-state index contributed by atoms with van der Waals surface area (Å²) in [4.78, 5) is 4.53. The van der Waals surface area contributed by atoms with Crippen LogP contribution in [0.5, 0.6) is 0 Å². The monoisotopic (exact) mass is 215 g/mol. The van der Waals surface area contributed by atoms with Crippen molar-refractivity contribution < 1.29 is 0 Å². The molecule has 5 heteroatoms. The van der Waals surface area contributed by atoms with Crippen LogP contribution in [0.1, 0.15) is 18.4 Å². The van der Waals surface area contributed by atoms with Gasteiger partial charge >= 0.3 is 0 Å². The summed E-state index contributed by atoms with van der Waals surface area (Å²) in [7, 11) is 0. The minimum atomic E-state index is 0.435. The Morgan fingerprint density at radius 1 is 1.50 bits per heavy atom. The number of rotatable bonds is 2. The Bertz CT molecular complexity index is 538. The maximum Gasteiger partial charge on any atom is 0.146 e. The fraction of sp³-hybridized carbons (Fsp3) is 0.273.